The largest absolute Gasteiger partial charge is 0.299 e. The number of thiophene rings is 1. The van der Waals surface area contributed by atoms with Crippen LogP contribution >= 0.6 is 11.3 Å². The van der Waals surface area contributed by atoms with Crippen molar-refractivity contribution in [2.45, 2.75) is 39.0 Å². The van der Waals surface area contributed by atoms with E-state index in [-0.39, 0.29) is 0 Å². The van der Waals surface area contributed by atoms with Crippen LogP contribution in [0.4, 0.5) is 0 Å². The van der Waals surface area contributed by atoms with Crippen LogP contribution in [0, 0.1) is 11.8 Å². The number of ketones is 1. The predicted molar refractivity (Wildman–Crippen MR) is 64.2 cm³/mol. The zero-order chi connectivity index (χ0) is 10.7. The molecule has 2 rings (SSSR count). The molecule has 0 saturated heterocycles. The van der Waals surface area contributed by atoms with E-state index in [1.54, 1.807) is 11.3 Å². The maximum Gasteiger partial charge on any atom is 0.140 e. The third-order valence-corrected chi connectivity index (χ3v) is 4.16. The second-order valence-electron chi connectivity index (χ2n) is 4.73. The average molecular weight is 222 g/mol. The first-order chi connectivity index (χ1) is 7.25. The summed E-state index contributed by atoms with van der Waals surface area (Å²) in [7, 11) is 0. The van der Waals surface area contributed by atoms with Crippen LogP contribution in [0.5, 0.6) is 0 Å². The van der Waals surface area contributed by atoms with E-state index in [0.29, 0.717) is 18.1 Å². The second-order valence-corrected chi connectivity index (χ2v) is 5.51. The molecule has 1 aromatic rings. The molecule has 82 valence electrons. The lowest BCUT2D eigenvalue weighted by Crippen LogP contribution is -2.22. The molecule has 1 nitrogen and oxygen atoms in total. The second kappa shape index (κ2) is 4.93. The van der Waals surface area contributed by atoms with E-state index in [2.05, 4.69) is 18.4 Å². The zero-order valence-corrected chi connectivity index (χ0v) is 10.1. The number of rotatable bonds is 3. The van der Waals surface area contributed by atoms with Crippen molar-refractivity contribution < 1.29 is 4.79 Å². The van der Waals surface area contributed by atoms with Crippen molar-refractivity contribution in [3.8, 4) is 0 Å². The first kappa shape index (κ1) is 10.9. The van der Waals surface area contributed by atoms with Crippen molar-refractivity contribution in [1.82, 2.24) is 0 Å². The first-order valence-corrected chi connectivity index (χ1v) is 6.74. The van der Waals surface area contributed by atoms with Gasteiger partial charge < -0.3 is 0 Å². The van der Waals surface area contributed by atoms with Crippen LogP contribution in [0.1, 0.15) is 38.2 Å². The van der Waals surface area contributed by atoms with Gasteiger partial charge in [0, 0.05) is 12.3 Å². The van der Waals surface area contributed by atoms with E-state index in [0.717, 1.165) is 18.8 Å². The Morgan fingerprint density at radius 2 is 2.13 bits per heavy atom. The molecule has 0 aliphatic heterocycles. The molecular formula is C13H18OS. The summed E-state index contributed by atoms with van der Waals surface area (Å²) >= 11 is 1.68. The van der Waals surface area contributed by atoms with Crippen LogP contribution in [0.15, 0.2) is 16.8 Å². The molecule has 1 heterocycles. The topological polar surface area (TPSA) is 17.1 Å². The van der Waals surface area contributed by atoms with Crippen LogP contribution in [0.3, 0.4) is 0 Å². The molecule has 0 unspecified atom stereocenters. The molecule has 0 bridgehead atoms. The molecule has 1 aromatic heterocycles. The fourth-order valence-corrected chi connectivity index (χ4v) is 2.99. The Bertz CT molecular complexity index is 307. The van der Waals surface area contributed by atoms with Gasteiger partial charge in [-0.1, -0.05) is 19.8 Å². The summed E-state index contributed by atoms with van der Waals surface area (Å²) in [5.74, 6) is 1.64. The van der Waals surface area contributed by atoms with Crippen LogP contribution < -0.4 is 0 Å². The van der Waals surface area contributed by atoms with Gasteiger partial charge in [0.05, 0.1) is 0 Å². The van der Waals surface area contributed by atoms with Gasteiger partial charge in [-0.3, -0.25) is 4.79 Å². The normalized spacial score (nSPS) is 26.5. The van der Waals surface area contributed by atoms with Crippen molar-refractivity contribution in [2.75, 3.05) is 0 Å². The Morgan fingerprint density at radius 1 is 1.40 bits per heavy atom. The number of hydrogen-bond acceptors (Lipinski definition) is 2. The third-order valence-electron chi connectivity index (χ3n) is 3.43. The lowest BCUT2D eigenvalue weighted by Gasteiger charge is -2.24. The van der Waals surface area contributed by atoms with Gasteiger partial charge in [-0.05, 0) is 41.1 Å². The van der Waals surface area contributed by atoms with Crippen molar-refractivity contribution in [3.05, 3.63) is 22.4 Å². The highest BCUT2D eigenvalue weighted by atomic mass is 32.1. The molecule has 1 saturated carbocycles. The Kier molecular flexibility index (Phi) is 3.57. The summed E-state index contributed by atoms with van der Waals surface area (Å²) < 4.78 is 0. The maximum atomic E-state index is 12.0. The highest BCUT2D eigenvalue weighted by molar-refractivity contribution is 7.07. The van der Waals surface area contributed by atoms with Crippen LogP contribution in [-0.2, 0) is 11.2 Å². The van der Waals surface area contributed by atoms with Crippen LogP contribution in [0.2, 0.25) is 0 Å². The van der Waals surface area contributed by atoms with Crippen molar-refractivity contribution >= 4 is 17.1 Å². The molecule has 0 amide bonds. The molecule has 1 aliphatic carbocycles. The van der Waals surface area contributed by atoms with Gasteiger partial charge in [0.25, 0.3) is 0 Å². The minimum Gasteiger partial charge on any atom is -0.299 e. The van der Waals surface area contributed by atoms with E-state index < -0.39 is 0 Å². The molecule has 0 N–H and O–H groups in total. The SMILES string of the molecule is CC1CCC(C(=O)Cc2ccsc2)CC1. The summed E-state index contributed by atoms with van der Waals surface area (Å²) in [5.41, 5.74) is 1.20. The third kappa shape index (κ3) is 2.91. The highest BCUT2D eigenvalue weighted by Crippen LogP contribution is 2.29. The standard InChI is InChI=1S/C13H18OS/c1-10-2-4-12(5-3-10)13(14)8-11-6-7-15-9-11/h6-7,9-10,12H,2-5,8H2,1H3. The smallest absolute Gasteiger partial charge is 0.140 e. The van der Waals surface area contributed by atoms with Gasteiger partial charge in [-0.25, -0.2) is 0 Å². The highest BCUT2D eigenvalue weighted by Gasteiger charge is 2.23. The van der Waals surface area contributed by atoms with E-state index in [4.69, 9.17) is 0 Å². The Labute approximate surface area is 95.5 Å². The minimum absolute atomic E-state index is 0.348. The molecule has 0 radical (unpaired) electrons. The average Bonchev–Trinajstić information content (AvgIpc) is 2.71. The van der Waals surface area contributed by atoms with Crippen molar-refractivity contribution in [3.63, 3.8) is 0 Å². The molecule has 1 aliphatic rings. The summed E-state index contributed by atoms with van der Waals surface area (Å²) in [6.07, 6.45) is 5.36. The number of carbonyl (C=O) groups excluding carboxylic acids is 1. The number of carbonyl (C=O) groups is 1. The van der Waals surface area contributed by atoms with Crippen LogP contribution in [-0.4, -0.2) is 5.78 Å². The fraction of sp³-hybridized carbons (Fsp3) is 0.615. The van der Waals surface area contributed by atoms with E-state index in [1.165, 1.54) is 18.4 Å². The lowest BCUT2D eigenvalue weighted by molar-refractivity contribution is -0.123. The molecule has 2 heteroatoms. The molecular weight excluding hydrogens is 204 g/mol. The van der Waals surface area contributed by atoms with Crippen LogP contribution in [0.25, 0.3) is 0 Å². The Balaban J connectivity index is 1.86. The first-order valence-electron chi connectivity index (χ1n) is 5.79. The van der Waals surface area contributed by atoms with Crippen molar-refractivity contribution in [2.24, 2.45) is 11.8 Å². The maximum absolute atomic E-state index is 12.0. The summed E-state index contributed by atoms with van der Waals surface area (Å²) in [6.45, 7) is 2.29. The monoisotopic (exact) mass is 222 g/mol. The van der Waals surface area contributed by atoms with Gasteiger partial charge in [-0.15, -0.1) is 0 Å². The molecule has 0 atom stereocenters. The Morgan fingerprint density at radius 3 is 2.73 bits per heavy atom. The quantitative estimate of drug-likeness (QED) is 0.762. The molecule has 0 spiro atoms. The summed E-state index contributed by atoms with van der Waals surface area (Å²) in [4.78, 5) is 12.0. The summed E-state index contributed by atoms with van der Waals surface area (Å²) in [6, 6.07) is 2.06. The molecule has 1 fully saturated rings. The zero-order valence-electron chi connectivity index (χ0n) is 9.24. The van der Waals surface area contributed by atoms with Gasteiger partial charge in [0.2, 0.25) is 0 Å². The predicted octanol–water partition coefficient (Wildman–Crippen LogP) is 3.69. The number of hydrogen-bond donors (Lipinski definition) is 0. The van der Waals surface area contributed by atoms with Gasteiger partial charge in [-0.2, -0.15) is 11.3 Å². The van der Waals surface area contributed by atoms with Crippen molar-refractivity contribution in [1.29, 1.82) is 0 Å². The van der Waals surface area contributed by atoms with Gasteiger partial charge >= 0.3 is 0 Å². The summed E-state index contributed by atoms with van der Waals surface area (Å²) in [5, 5.41) is 4.13. The fourth-order valence-electron chi connectivity index (χ4n) is 2.32. The Hall–Kier alpha value is -0.630. The van der Waals surface area contributed by atoms with Gasteiger partial charge in [0.15, 0.2) is 0 Å². The molecule has 15 heavy (non-hydrogen) atoms. The lowest BCUT2D eigenvalue weighted by atomic mass is 9.80. The minimum atomic E-state index is 0.348. The van der Waals surface area contributed by atoms with Gasteiger partial charge in [0.1, 0.15) is 5.78 Å². The van der Waals surface area contributed by atoms with E-state index in [9.17, 15) is 4.79 Å². The van der Waals surface area contributed by atoms with E-state index >= 15 is 0 Å². The molecule has 0 aromatic carbocycles. The number of Topliss-reactive ketones (excluding diaryl/α,β-unsaturated/α-hetero) is 1. The van der Waals surface area contributed by atoms with E-state index in [1.807, 2.05) is 5.38 Å².